The summed E-state index contributed by atoms with van der Waals surface area (Å²) in [6, 6.07) is 2.23. The predicted molar refractivity (Wildman–Crippen MR) is 74.1 cm³/mol. The zero-order valence-corrected chi connectivity index (χ0v) is 12.1. The molecule has 5 heteroatoms. The van der Waals surface area contributed by atoms with Gasteiger partial charge < -0.3 is 5.32 Å². The third-order valence-corrected chi connectivity index (χ3v) is 4.84. The fourth-order valence-electron chi connectivity index (χ4n) is 2.75. The van der Waals surface area contributed by atoms with E-state index in [1.807, 2.05) is 5.38 Å². The maximum atomic E-state index is 10.7. The molecule has 2 unspecified atom stereocenters. The van der Waals surface area contributed by atoms with E-state index in [-0.39, 0.29) is 15.3 Å². The van der Waals surface area contributed by atoms with Gasteiger partial charge in [0.15, 0.2) is 0 Å². The Balaban J connectivity index is 2.06. The molecular formula is C13H20N2O2S. The molecule has 1 aliphatic carbocycles. The maximum Gasteiger partial charge on any atom is 0.324 e. The Hall–Kier alpha value is -0.940. The van der Waals surface area contributed by atoms with E-state index in [1.165, 1.54) is 11.3 Å². The van der Waals surface area contributed by atoms with Crippen molar-refractivity contribution < 1.29 is 4.92 Å². The van der Waals surface area contributed by atoms with Crippen LogP contribution in [-0.2, 0) is 0 Å². The van der Waals surface area contributed by atoms with Crippen molar-refractivity contribution in [3.05, 3.63) is 27.1 Å². The van der Waals surface area contributed by atoms with Gasteiger partial charge in [-0.15, -0.1) is 0 Å². The monoisotopic (exact) mass is 268 g/mol. The van der Waals surface area contributed by atoms with E-state index in [0.717, 1.165) is 12.1 Å². The first-order chi connectivity index (χ1) is 8.34. The zero-order valence-electron chi connectivity index (χ0n) is 11.3. The lowest BCUT2D eigenvalue weighted by Gasteiger charge is -2.08. The molecule has 1 aromatic rings. The summed E-state index contributed by atoms with van der Waals surface area (Å²) in [6.45, 7) is 9.75. The van der Waals surface area contributed by atoms with Crippen molar-refractivity contribution in [3.8, 4) is 0 Å². The van der Waals surface area contributed by atoms with Crippen LogP contribution in [0.2, 0.25) is 0 Å². The van der Waals surface area contributed by atoms with Gasteiger partial charge in [0.25, 0.3) is 0 Å². The summed E-state index contributed by atoms with van der Waals surface area (Å²) in [5.74, 6) is 1.03. The third-order valence-electron chi connectivity index (χ3n) is 3.94. The Morgan fingerprint density at radius 3 is 2.72 bits per heavy atom. The number of thiophene rings is 1. The van der Waals surface area contributed by atoms with Gasteiger partial charge in [-0.05, 0) is 29.4 Å². The largest absolute Gasteiger partial charge is 0.324 e. The first-order valence-corrected chi connectivity index (χ1v) is 7.18. The lowest BCUT2D eigenvalue weighted by molar-refractivity contribution is -0.380. The van der Waals surface area contributed by atoms with Crippen LogP contribution in [0, 0.1) is 21.4 Å². The van der Waals surface area contributed by atoms with Crippen LogP contribution in [0.3, 0.4) is 0 Å². The zero-order chi connectivity index (χ0) is 13.5. The fourth-order valence-corrected chi connectivity index (χ4v) is 3.51. The van der Waals surface area contributed by atoms with Crippen molar-refractivity contribution in [1.82, 2.24) is 5.32 Å². The normalized spacial score (nSPS) is 25.4. The van der Waals surface area contributed by atoms with Crippen molar-refractivity contribution in [3.63, 3.8) is 0 Å². The van der Waals surface area contributed by atoms with Crippen LogP contribution < -0.4 is 5.32 Å². The standard InChI is InChI=1S/C13H20N2O2S/c1-8(2)14-6-10-12(13(10,3)4)9-5-11(15(16)17)18-7-9/h5,7-8,10,12,14H,6H2,1-4H3. The predicted octanol–water partition coefficient (Wildman–Crippen LogP) is 3.39. The van der Waals surface area contributed by atoms with Crippen LogP contribution in [0.15, 0.2) is 11.4 Å². The van der Waals surface area contributed by atoms with Crippen LogP contribution >= 0.6 is 11.3 Å². The minimum atomic E-state index is -0.301. The number of nitrogens with one attached hydrogen (secondary N) is 1. The van der Waals surface area contributed by atoms with Gasteiger partial charge in [0.05, 0.1) is 4.92 Å². The van der Waals surface area contributed by atoms with Crippen molar-refractivity contribution in [2.75, 3.05) is 6.54 Å². The van der Waals surface area contributed by atoms with Gasteiger partial charge in [0, 0.05) is 17.5 Å². The molecule has 100 valence electrons. The summed E-state index contributed by atoms with van der Waals surface area (Å²) in [4.78, 5) is 10.4. The second-order valence-electron chi connectivity index (χ2n) is 5.94. The smallest absolute Gasteiger partial charge is 0.314 e. The van der Waals surface area contributed by atoms with Gasteiger partial charge in [-0.3, -0.25) is 10.1 Å². The van der Waals surface area contributed by atoms with Gasteiger partial charge in [-0.2, -0.15) is 0 Å². The summed E-state index contributed by atoms with van der Waals surface area (Å²) in [6.07, 6.45) is 0. The van der Waals surface area contributed by atoms with E-state index >= 15 is 0 Å². The topological polar surface area (TPSA) is 55.2 Å². The molecule has 1 heterocycles. The van der Waals surface area contributed by atoms with Crippen LogP contribution in [0.4, 0.5) is 5.00 Å². The number of nitrogens with zero attached hydrogens (tertiary/aromatic N) is 1. The highest BCUT2D eigenvalue weighted by Crippen LogP contribution is 2.64. The van der Waals surface area contributed by atoms with Crippen LogP contribution in [0.25, 0.3) is 0 Å². The SMILES string of the molecule is CC(C)NCC1C(c2csc([N+](=O)[O-])c2)C1(C)C. The minimum absolute atomic E-state index is 0.247. The molecule has 1 N–H and O–H groups in total. The quantitative estimate of drug-likeness (QED) is 0.658. The Labute approximate surface area is 112 Å². The third kappa shape index (κ3) is 2.42. The fraction of sp³-hybridized carbons (Fsp3) is 0.692. The van der Waals surface area contributed by atoms with E-state index in [1.54, 1.807) is 6.07 Å². The Kier molecular flexibility index (Phi) is 3.47. The maximum absolute atomic E-state index is 10.7. The van der Waals surface area contributed by atoms with Crippen LogP contribution in [0.1, 0.15) is 39.2 Å². The van der Waals surface area contributed by atoms with Gasteiger partial charge in [-0.1, -0.05) is 39.0 Å². The lowest BCUT2D eigenvalue weighted by Crippen LogP contribution is -2.26. The van der Waals surface area contributed by atoms with E-state index in [9.17, 15) is 10.1 Å². The molecular weight excluding hydrogens is 248 g/mol. The molecule has 2 rings (SSSR count). The highest BCUT2D eigenvalue weighted by molar-refractivity contribution is 7.13. The Morgan fingerprint density at radius 1 is 1.56 bits per heavy atom. The second-order valence-corrected chi connectivity index (χ2v) is 6.83. The minimum Gasteiger partial charge on any atom is -0.314 e. The summed E-state index contributed by atoms with van der Waals surface area (Å²) < 4.78 is 0. The van der Waals surface area contributed by atoms with Gasteiger partial charge in [-0.25, -0.2) is 0 Å². The summed E-state index contributed by atoms with van der Waals surface area (Å²) in [5, 5.41) is 16.4. The molecule has 18 heavy (non-hydrogen) atoms. The molecule has 1 fully saturated rings. The van der Waals surface area contributed by atoms with Crippen molar-refractivity contribution in [2.45, 2.75) is 39.7 Å². The molecule has 0 saturated heterocycles. The van der Waals surface area contributed by atoms with E-state index in [2.05, 4.69) is 33.0 Å². The molecule has 0 amide bonds. The molecule has 4 nitrogen and oxygen atoms in total. The summed E-state index contributed by atoms with van der Waals surface area (Å²) >= 11 is 1.23. The number of rotatable bonds is 5. The molecule has 1 saturated carbocycles. The van der Waals surface area contributed by atoms with Crippen LogP contribution in [-0.4, -0.2) is 17.5 Å². The van der Waals surface area contributed by atoms with Crippen LogP contribution in [0.5, 0.6) is 0 Å². The van der Waals surface area contributed by atoms with Gasteiger partial charge in [0.1, 0.15) is 0 Å². The number of hydrogen-bond acceptors (Lipinski definition) is 4. The number of nitro groups is 1. The molecule has 2 atom stereocenters. The molecule has 0 radical (unpaired) electrons. The van der Waals surface area contributed by atoms with E-state index in [0.29, 0.717) is 17.9 Å². The average molecular weight is 268 g/mol. The summed E-state index contributed by atoms with van der Waals surface area (Å²) in [7, 11) is 0. The highest BCUT2D eigenvalue weighted by Gasteiger charge is 2.58. The number of hydrogen-bond donors (Lipinski definition) is 1. The highest BCUT2D eigenvalue weighted by atomic mass is 32.1. The van der Waals surface area contributed by atoms with E-state index < -0.39 is 0 Å². The van der Waals surface area contributed by atoms with Gasteiger partial charge in [0.2, 0.25) is 0 Å². The van der Waals surface area contributed by atoms with Crippen molar-refractivity contribution in [1.29, 1.82) is 0 Å². The molecule has 0 aromatic carbocycles. The first-order valence-electron chi connectivity index (χ1n) is 6.30. The molecule has 0 bridgehead atoms. The summed E-state index contributed by atoms with van der Waals surface area (Å²) in [5.41, 5.74) is 1.38. The lowest BCUT2D eigenvalue weighted by atomic mass is 10.1. The van der Waals surface area contributed by atoms with E-state index in [4.69, 9.17) is 0 Å². The first kappa shape index (κ1) is 13.5. The second kappa shape index (κ2) is 4.63. The Morgan fingerprint density at radius 2 is 2.22 bits per heavy atom. The molecule has 0 aliphatic heterocycles. The van der Waals surface area contributed by atoms with Crippen molar-refractivity contribution >= 4 is 16.3 Å². The average Bonchev–Trinajstić information content (AvgIpc) is 2.64. The molecule has 1 aliphatic rings. The Bertz CT molecular complexity index is 454. The molecule has 0 spiro atoms. The molecule has 1 aromatic heterocycles. The van der Waals surface area contributed by atoms with Crippen molar-refractivity contribution in [2.24, 2.45) is 11.3 Å². The van der Waals surface area contributed by atoms with Gasteiger partial charge >= 0.3 is 5.00 Å².